The first-order valence-electron chi connectivity index (χ1n) is 53.2. The van der Waals surface area contributed by atoms with Crippen LogP contribution in [0.1, 0.15) is 602 Å². The van der Waals surface area contributed by atoms with Crippen molar-refractivity contribution in [2.75, 3.05) is 0 Å². The van der Waals surface area contributed by atoms with Crippen molar-refractivity contribution in [3.05, 3.63) is 0 Å². The fourth-order valence-corrected chi connectivity index (χ4v) is 19.7. The first-order valence-corrected chi connectivity index (χ1v) is 53.2. The van der Waals surface area contributed by atoms with E-state index >= 15 is 0 Å². The largest absolute Gasteiger partial charge is 0.0625 e. The summed E-state index contributed by atoms with van der Waals surface area (Å²) in [7, 11) is 0. The molecule has 0 aliphatic heterocycles. The van der Waals surface area contributed by atoms with Gasteiger partial charge in [-0.3, -0.25) is 0 Å². The van der Waals surface area contributed by atoms with E-state index in [2.05, 4.69) is 415 Å². The predicted octanol–water partition coefficient (Wildman–Crippen LogP) is 43.8. The summed E-state index contributed by atoms with van der Waals surface area (Å²) in [6.07, 6.45) is 40.8. The molecule has 0 aromatic carbocycles. The highest BCUT2D eigenvalue weighted by molar-refractivity contribution is 5.00. The molecule has 0 heteroatoms. The molecule has 0 saturated heterocycles. The first-order chi connectivity index (χ1) is 53.2. The Morgan fingerprint density at radius 2 is 0.413 bits per heavy atom. The standard InChI is InChI=1S/C16H34.2C15H32.C14H28.C13H26.C13H28.C12H24.C12H26.C11H22/c1-13(2,3)11-15(7,8)16(9,10)12-14(4,5)6;1-13(2,3)9-11-15(7,8)12-10-14(4,5)6;1-11(2)13(5,6)15(9,10)14(7,8)12(3)4;1-11(2)13(5)7-9-14(6,10-8-13)12(3)4;1-10(2)12(5)7-8-13(6,9-12)11(3)4;1-12(2,3)10-8-7-9-11-13(4,5)6;1-9(2)11-5-7-12(8-6-11)10(3)4;1-11(2,3)9-7-8-10-12(4,5)6;1-8(2)10-5-6-11(7-10)9(3)4/h11-12H2,1-10H3;9-12H2,1-8H3;11-12H,1-10H3;11-12H,7-10H2,1-6H3;10-11H,7-9H2,1-6H3;7-11H2,1-6H3;9-12H,5-8H2,1-4H3;7-10H2,1-6H3;8-11H,5-7H2,1-4H3. The molecule has 0 N–H and O–H groups in total. The van der Waals surface area contributed by atoms with Crippen LogP contribution in [0.15, 0.2) is 0 Å². The highest BCUT2D eigenvalue weighted by atomic mass is 14.6. The van der Waals surface area contributed by atoms with Crippen LogP contribution in [0, 0.1) is 180 Å². The highest BCUT2D eigenvalue weighted by Gasteiger charge is 2.51. The van der Waals surface area contributed by atoms with Crippen LogP contribution in [-0.2, 0) is 0 Å². The minimum Gasteiger partial charge on any atom is -0.0625 e. The molecule has 4 unspecified atom stereocenters. The molecule has 4 rings (SSSR count). The molecule has 0 radical (unpaired) electrons. The Labute approximate surface area is 777 Å². The van der Waals surface area contributed by atoms with Crippen molar-refractivity contribution in [2.45, 2.75) is 602 Å². The summed E-state index contributed by atoms with van der Waals surface area (Å²) >= 11 is 0. The van der Waals surface area contributed by atoms with Gasteiger partial charge in [0.25, 0.3) is 0 Å². The molecular weight excluding hydrogens is 1450 g/mol. The van der Waals surface area contributed by atoms with Crippen LogP contribution in [0.5, 0.6) is 0 Å². The monoisotopic (exact) mass is 1710 g/mol. The second-order valence-corrected chi connectivity index (χ2v) is 60.8. The Morgan fingerprint density at radius 1 is 0.223 bits per heavy atom. The third-order valence-corrected chi connectivity index (χ3v) is 34.7. The molecule has 0 heterocycles. The van der Waals surface area contributed by atoms with E-state index in [0.717, 1.165) is 71.0 Å². The fraction of sp³-hybridized carbons (Fsp3) is 1.00. The molecule has 736 valence electrons. The Hall–Kier alpha value is 0. The topological polar surface area (TPSA) is 0 Å². The van der Waals surface area contributed by atoms with Crippen LogP contribution in [0.2, 0.25) is 0 Å². The summed E-state index contributed by atoms with van der Waals surface area (Å²) in [5, 5.41) is 0. The maximum absolute atomic E-state index is 2.48. The number of hydrogen-bond acceptors (Lipinski definition) is 0. The highest BCUT2D eigenvalue weighted by Crippen LogP contribution is 2.59. The minimum absolute atomic E-state index is 0.336. The molecule has 0 spiro atoms. The van der Waals surface area contributed by atoms with E-state index in [1.165, 1.54) is 186 Å². The molecule has 4 aliphatic carbocycles. The minimum atomic E-state index is 0.336. The van der Waals surface area contributed by atoms with Gasteiger partial charge in [-0.15, -0.1) is 0 Å². The molecule has 0 nitrogen and oxygen atoms in total. The van der Waals surface area contributed by atoms with Crippen molar-refractivity contribution in [3.63, 3.8) is 0 Å². The van der Waals surface area contributed by atoms with Crippen LogP contribution in [0.3, 0.4) is 0 Å². The first kappa shape index (κ1) is 129. The van der Waals surface area contributed by atoms with Gasteiger partial charge < -0.3 is 0 Å². The number of unbranched alkanes of at least 4 members (excludes halogenated alkanes) is 3. The summed E-state index contributed by atoms with van der Waals surface area (Å²) in [6, 6.07) is 0. The molecule has 121 heavy (non-hydrogen) atoms. The van der Waals surface area contributed by atoms with Crippen LogP contribution >= 0.6 is 0 Å². The zero-order chi connectivity index (χ0) is 97.6. The normalized spacial score (nSPS) is 23.5. The maximum atomic E-state index is 2.48. The molecule has 0 bridgehead atoms. The Balaban J connectivity index is -0.000000418. The van der Waals surface area contributed by atoms with Crippen molar-refractivity contribution in [2.24, 2.45) is 180 Å². The lowest BCUT2D eigenvalue weighted by Gasteiger charge is -2.56. The van der Waals surface area contributed by atoms with E-state index in [0.29, 0.717) is 109 Å². The van der Waals surface area contributed by atoms with E-state index in [9.17, 15) is 0 Å². The summed E-state index contributed by atoms with van der Waals surface area (Å²) in [4.78, 5) is 0. The van der Waals surface area contributed by atoms with E-state index in [4.69, 9.17) is 0 Å². The third-order valence-electron chi connectivity index (χ3n) is 34.7. The smallest absolute Gasteiger partial charge is 0.0247 e. The zero-order valence-corrected chi connectivity index (χ0v) is 97.6. The van der Waals surface area contributed by atoms with Crippen molar-refractivity contribution in [3.8, 4) is 0 Å². The van der Waals surface area contributed by atoms with Crippen molar-refractivity contribution in [1.82, 2.24) is 0 Å². The summed E-state index contributed by atoms with van der Waals surface area (Å²) in [6.45, 7) is 143. The number of hydrogen-bond donors (Lipinski definition) is 0. The molecule has 4 saturated carbocycles. The molecule has 0 amide bonds. The Morgan fingerprint density at radius 3 is 0.570 bits per heavy atom. The molecule has 0 aromatic rings. The molecular formula is C121H252. The summed E-state index contributed by atoms with van der Waals surface area (Å²) in [5.41, 5.74) is 8.72. The average molecular weight is 1710 g/mol. The zero-order valence-electron chi connectivity index (χ0n) is 97.6. The van der Waals surface area contributed by atoms with Crippen LogP contribution in [0.25, 0.3) is 0 Å². The predicted molar refractivity (Wildman–Crippen MR) is 567 cm³/mol. The summed E-state index contributed by atoms with van der Waals surface area (Å²) < 4.78 is 0. The van der Waals surface area contributed by atoms with Gasteiger partial charge in [0.05, 0.1) is 0 Å². The van der Waals surface area contributed by atoms with Gasteiger partial charge >= 0.3 is 0 Å². The second-order valence-electron chi connectivity index (χ2n) is 60.8. The van der Waals surface area contributed by atoms with Gasteiger partial charge in [-0.25, -0.2) is 0 Å². The molecule has 0 aromatic heterocycles. The quantitative estimate of drug-likeness (QED) is 0.0757. The fourth-order valence-electron chi connectivity index (χ4n) is 19.7. The maximum Gasteiger partial charge on any atom is -0.0247 e. The van der Waals surface area contributed by atoms with Gasteiger partial charge in [0, 0.05) is 0 Å². The van der Waals surface area contributed by atoms with E-state index in [1.807, 2.05) is 0 Å². The Kier molecular flexibility index (Phi) is 56.8. The second kappa shape index (κ2) is 53.0. The average Bonchev–Trinajstić information content (AvgIpc) is 1.59. The van der Waals surface area contributed by atoms with Crippen LogP contribution in [-0.4, -0.2) is 0 Å². The molecule has 4 aliphatic rings. The van der Waals surface area contributed by atoms with E-state index in [-0.39, 0.29) is 0 Å². The number of rotatable bonds is 26. The van der Waals surface area contributed by atoms with Gasteiger partial charge in [-0.1, -0.05) is 448 Å². The van der Waals surface area contributed by atoms with Crippen molar-refractivity contribution in [1.29, 1.82) is 0 Å². The molecule has 4 fully saturated rings. The third kappa shape index (κ3) is 57.8. The van der Waals surface area contributed by atoms with E-state index < -0.39 is 0 Å². The van der Waals surface area contributed by atoms with Crippen LogP contribution < -0.4 is 0 Å². The Bertz CT molecular complexity index is 2370. The van der Waals surface area contributed by atoms with Gasteiger partial charge in [0.2, 0.25) is 0 Å². The van der Waals surface area contributed by atoms with Crippen molar-refractivity contribution >= 4 is 0 Å². The SMILES string of the molecule is CC(C)(C)CC(C)(C)C(C)(C)CC(C)(C)C.CC(C)(C)CCC(C)(C)CCC(C)(C)C.CC(C)(C)CCCCC(C)(C)C.CC(C)(C)CCCCCC(C)(C)C.CC(C)C(C)(C)C(C)(C)C(C)(C)C(C)C.CC(C)C1(C)CCC(C)(C(C)C)C1.CC(C)C1(C)CCC(C)(C(C)C)CC1.CC(C)C1CCC(C(C)C)C1.CC(C)C1CCC(C(C)C)CC1. The van der Waals surface area contributed by atoms with E-state index in [1.54, 1.807) is 0 Å². The lowest BCUT2D eigenvalue weighted by Crippen LogP contribution is -2.49. The van der Waals surface area contributed by atoms with Gasteiger partial charge in [0.1, 0.15) is 0 Å². The summed E-state index contributed by atoms with van der Waals surface area (Å²) in [5.74, 6) is 12.6. The van der Waals surface area contributed by atoms with Crippen molar-refractivity contribution < 1.29 is 0 Å². The van der Waals surface area contributed by atoms with Gasteiger partial charge in [-0.05, 0) is 334 Å². The van der Waals surface area contributed by atoms with Gasteiger partial charge in [0.15, 0.2) is 0 Å². The lowest BCUT2D eigenvalue weighted by molar-refractivity contribution is -0.0734. The van der Waals surface area contributed by atoms with Gasteiger partial charge in [-0.2, -0.15) is 0 Å². The molecule has 4 atom stereocenters. The lowest BCUT2D eigenvalue weighted by atomic mass is 9.49. The van der Waals surface area contributed by atoms with Crippen LogP contribution in [0.4, 0.5) is 0 Å².